The average Bonchev–Trinajstić information content (AvgIpc) is 3.33. The minimum atomic E-state index is -0.631. The molecule has 9 heteroatoms. The highest BCUT2D eigenvalue weighted by Crippen LogP contribution is 2.49. The molecule has 0 saturated carbocycles. The van der Waals surface area contributed by atoms with Crippen molar-refractivity contribution in [1.29, 1.82) is 0 Å². The van der Waals surface area contributed by atoms with Gasteiger partial charge in [0, 0.05) is 23.0 Å². The molecule has 1 aliphatic rings. The fraction of sp³-hybridized carbons (Fsp3) is 0.0385. The Bertz CT molecular complexity index is 1830. The summed E-state index contributed by atoms with van der Waals surface area (Å²) in [5.41, 5.74) is 2.87. The van der Waals surface area contributed by atoms with Crippen LogP contribution in [0.5, 0.6) is 11.6 Å². The Hall–Kier alpha value is -4.56. The number of halogens is 1. The van der Waals surface area contributed by atoms with E-state index in [9.17, 15) is 4.79 Å². The molecule has 168 valence electrons. The molecule has 6 aromatic rings. The number of hydrogen-bond acceptors (Lipinski definition) is 7. The molecular weight excluding hydrogens is 466 g/mol. The molecule has 35 heavy (non-hydrogen) atoms. The molecule has 0 bridgehead atoms. The van der Waals surface area contributed by atoms with E-state index in [1.807, 2.05) is 42.5 Å². The van der Waals surface area contributed by atoms with Crippen LogP contribution in [0.25, 0.3) is 28.0 Å². The van der Waals surface area contributed by atoms with Crippen molar-refractivity contribution in [1.82, 2.24) is 24.6 Å². The van der Waals surface area contributed by atoms with E-state index in [0.717, 1.165) is 5.56 Å². The Morgan fingerprint density at radius 1 is 0.943 bits per heavy atom. The van der Waals surface area contributed by atoms with Gasteiger partial charge in [-0.15, -0.1) is 5.10 Å². The van der Waals surface area contributed by atoms with Crippen LogP contribution in [0.4, 0.5) is 0 Å². The Balaban J connectivity index is 1.58. The molecule has 7 rings (SSSR count). The fourth-order valence-corrected chi connectivity index (χ4v) is 4.82. The topological polar surface area (TPSA) is 95.4 Å². The molecule has 0 amide bonds. The van der Waals surface area contributed by atoms with E-state index in [1.54, 1.807) is 41.4 Å². The van der Waals surface area contributed by atoms with Gasteiger partial charge in [-0.1, -0.05) is 41.9 Å². The summed E-state index contributed by atoms with van der Waals surface area (Å²) in [6, 6.07) is 18.3. The zero-order valence-corrected chi connectivity index (χ0v) is 18.7. The predicted octanol–water partition coefficient (Wildman–Crippen LogP) is 5.23. The third-order valence-electron chi connectivity index (χ3n) is 6.12. The van der Waals surface area contributed by atoms with E-state index >= 15 is 0 Å². The van der Waals surface area contributed by atoms with Gasteiger partial charge in [0.05, 0.1) is 22.4 Å². The van der Waals surface area contributed by atoms with Crippen molar-refractivity contribution in [2.45, 2.75) is 5.92 Å². The first kappa shape index (κ1) is 19.9. The maximum atomic E-state index is 13.4. The summed E-state index contributed by atoms with van der Waals surface area (Å²) in [6.45, 7) is 0. The van der Waals surface area contributed by atoms with Crippen molar-refractivity contribution in [3.63, 3.8) is 0 Å². The highest BCUT2D eigenvalue weighted by atomic mass is 35.5. The van der Waals surface area contributed by atoms with Gasteiger partial charge in [0.25, 0.3) is 0 Å². The standard InChI is InChI=1S/C26H14ClN5O3/c27-17-7-3-1-5-15(17)19-20-22(16-6-2-4-8-18(16)34-26(20)33)35-25-21(19)24-30-23(31-32(24)13-29-25)14-9-11-28-12-10-14/h1-13,19H. The molecule has 0 spiro atoms. The monoisotopic (exact) mass is 479 g/mol. The third kappa shape index (κ3) is 2.97. The number of ether oxygens (including phenoxy) is 1. The van der Waals surface area contributed by atoms with Gasteiger partial charge in [0.1, 0.15) is 11.9 Å². The van der Waals surface area contributed by atoms with Gasteiger partial charge in [-0.25, -0.2) is 19.3 Å². The summed E-state index contributed by atoms with van der Waals surface area (Å²) in [6.07, 6.45) is 4.90. The van der Waals surface area contributed by atoms with E-state index < -0.39 is 11.5 Å². The van der Waals surface area contributed by atoms with Crippen molar-refractivity contribution in [3.8, 4) is 23.0 Å². The third-order valence-corrected chi connectivity index (χ3v) is 6.46. The molecule has 0 aliphatic carbocycles. The Morgan fingerprint density at radius 3 is 2.60 bits per heavy atom. The molecule has 0 radical (unpaired) electrons. The van der Waals surface area contributed by atoms with Crippen molar-refractivity contribution >= 4 is 28.2 Å². The maximum absolute atomic E-state index is 13.4. The lowest BCUT2D eigenvalue weighted by atomic mass is 9.84. The minimum absolute atomic E-state index is 0.333. The average molecular weight is 480 g/mol. The summed E-state index contributed by atoms with van der Waals surface area (Å²) >= 11 is 6.67. The number of hydrogen-bond donors (Lipinski definition) is 0. The highest BCUT2D eigenvalue weighted by Gasteiger charge is 2.38. The summed E-state index contributed by atoms with van der Waals surface area (Å²) < 4.78 is 13.6. The molecule has 1 aliphatic heterocycles. The molecule has 0 N–H and O–H groups in total. The smallest absolute Gasteiger partial charge is 0.344 e. The van der Waals surface area contributed by atoms with Gasteiger partial charge in [0.2, 0.25) is 5.88 Å². The van der Waals surface area contributed by atoms with Crippen LogP contribution in [0.15, 0.2) is 88.6 Å². The number of pyridine rings is 1. The molecule has 1 unspecified atom stereocenters. The first-order valence-electron chi connectivity index (χ1n) is 10.8. The summed E-state index contributed by atoms with van der Waals surface area (Å²) in [5, 5.41) is 5.77. The predicted molar refractivity (Wildman–Crippen MR) is 129 cm³/mol. The molecule has 2 aromatic carbocycles. The second-order valence-electron chi connectivity index (χ2n) is 8.09. The van der Waals surface area contributed by atoms with Crippen LogP contribution in [0.1, 0.15) is 22.6 Å². The molecule has 8 nitrogen and oxygen atoms in total. The van der Waals surface area contributed by atoms with Gasteiger partial charge >= 0.3 is 5.63 Å². The Kier molecular flexibility index (Phi) is 4.24. The van der Waals surface area contributed by atoms with Crippen molar-refractivity contribution in [2.75, 3.05) is 0 Å². The van der Waals surface area contributed by atoms with Crippen molar-refractivity contribution in [2.24, 2.45) is 0 Å². The quantitative estimate of drug-likeness (QED) is 0.313. The van der Waals surface area contributed by atoms with Gasteiger partial charge in [0.15, 0.2) is 17.2 Å². The SMILES string of the molecule is O=c1oc2ccccc2c2c1C(c1ccccc1Cl)c1c(ncn3nc(-c4ccncc4)nc13)O2. The second kappa shape index (κ2) is 7.48. The first-order valence-corrected chi connectivity index (χ1v) is 11.2. The van der Waals surface area contributed by atoms with Gasteiger partial charge in [-0.2, -0.15) is 0 Å². The summed E-state index contributed by atoms with van der Waals surface area (Å²) in [4.78, 5) is 26.8. The van der Waals surface area contributed by atoms with Crippen molar-refractivity contribution < 1.29 is 9.15 Å². The summed E-state index contributed by atoms with van der Waals surface area (Å²) in [5.74, 6) is 0.602. The number of nitrogens with zero attached hydrogens (tertiary/aromatic N) is 5. The van der Waals surface area contributed by atoms with Crippen LogP contribution >= 0.6 is 11.6 Å². The molecular formula is C26H14ClN5O3. The number of fused-ring (bicyclic) bond motifs is 6. The van der Waals surface area contributed by atoms with Crippen molar-refractivity contribution in [3.05, 3.63) is 112 Å². The van der Waals surface area contributed by atoms with E-state index in [2.05, 4.69) is 15.1 Å². The first-order chi connectivity index (χ1) is 17.2. The van der Waals surface area contributed by atoms with Gasteiger partial charge < -0.3 is 9.15 Å². The van der Waals surface area contributed by atoms with E-state index in [1.165, 1.54) is 0 Å². The fourth-order valence-electron chi connectivity index (χ4n) is 4.57. The van der Waals surface area contributed by atoms with Gasteiger partial charge in [-0.05, 0) is 35.9 Å². The van der Waals surface area contributed by atoms with Crippen LogP contribution in [0.3, 0.4) is 0 Å². The second-order valence-corrected chi connectivity index (χ2v) is 8.50. The number of aromatic nitrogens is 5. The zero-order chi connectivity index (χ0) is 23.5. The highest BCUT2D eigenvalue weighted by molar-refractivity contribution is 6.31. The lowest BCUT2D eigenvalue weighted by Gasteiger charge is -2.27. The molecule has 0 saturated heterocycles. The minimum Gasteiger partial charge on any atom is -0.437 e. The van der Waals surface area contributed by atoms with E-state index in [4.69, 9.17) is 25.7 Å². The normalized spacial score (nSPS) is 14.5. The zero-order valence-electron chi connectivity index (χ0n) is 17.9. The maximum Gasteiger partial charge on any atom is 0.344 e. The van der Waals surface area contributed by atoms with Crippen LogP contribution < -0.4 is 10.4 Å². The summed E-state index contributed by atoms with van der Waals surface area (Å²) in [7, 11) is 0. The molecule has 4 aromatic heterocycles. The molecule has 0 fully saturated rings. The van der Waals surface area contributed by atoms with E-state index in [0.29, 0.717) is 55.8 Å². The van der Waals surface area contributed by atoms with Crippen LogP contribution in [-0.4, -0.2) is 24.6 Å². The van der Waals surface area contributed by atoms with Gasteiger partial charge in [-0.3, -0.25) is 4.98 Å². The number of para-hydroxylation sites is 1. The molecule has 1 atom stereocenters. The lowest BCUT2D eigenvalue weighted by molar-refractivity contribution is 0.422. The molecule has 5 heterocycles. The van der Waals surface area contributed by atoms with Crippen LogP contribution in [-0.2, 0) is 0 Å². The number of rotatable bonds is 2. The number of benzene rings is 2. The van der Waals surface area contributed by atoms with E-state index in [-0.39, 0.29) is 0 Å². The Labute approximate surface area is 202 Å². The van der Waals surface area contributed by atoms with Crippen LogP contribution in [0, 0.1) is 0 Å². The Morgan fingerprint density at radius 2 is 1.74 bits per heavy atom. The largest absolute Gasteiger partial charge is 0.437 e. The van der Waals surface area contributed by atoms with Crippen LogP contribution in [0.2, 0.25) is 5.02 Å². The lowest BCUT2D eigenvalue weighted by Crippen LogP contribution is -2.22.